The first-order valence-electron chi connectivity index (χ1n) is 11.1. The third-order valence-electron chi connectivity index (χ3n) is 5.96. The standard InChI is InChI=1S/C26H26FNO4S2/c27-23-10-6-21(7-11-23)22(14-16-29)18-25(30)26-28(15-17-33-26)34(31,32)24-12-8-20(9-13-24)19-4-2-1-3-5-19/h1-13,22,26,29H,14-18H2/t22-,26+/m1/s1. The molecule has 0 spiro atoms. The molecule has 8 heteroatoms. The Morgan fingerprint density at radius 2 is 1.65 bits per heavy atom. The fourth-order valence-electron chi connectivity index (χ4n) is 4.16. The third-order valence-corrected chi connectivity index (χ3v) is 9.22. The zero-order valence-corrected chi connectivity index (χ0v) is 20.1. The summed E-state index contributed by atoms with van der Waals surface area (Å²) in [5.41, 5.74) is 2.65. The van der Waals surface area contributed by atoms with E-state index in [0.717, 1.165) is 16.7 Å². The Hall–Kier alpha value is -2.52. The number of Topliss-reactive ketones (excluding diaryl/α,β-unsaturated/α-hetero) is 1. The Morgan fingerprint density at radius 1 is 1.00 bits per heavy atom. The van der Waals surface area contributed by atoms with Crippen molar-refractivity contribution in [3.63, 3.8) is 0 Å². The van der Waals surface area contributed by atoms with Crippen molar-refractivity contribution < 1.29 is 22.7 Å². The van der Waals surface area contributed by atoms with Gasteiger partial charge >= 0.3 is 0 Å². The van der Waals surface area contributed by atoms with Crippen molar-refractivity contribution in [3.05, 3.63) is 90.2 Å². The van der Waals surface area contributed by atoms with Gasteiger partial charge in [0.05, 0.1) is 4.90 Å². The highest BCUT2D eigenvalue weighted by atomic mass is 32.2. The predicted molar refractivity (Wildman–Crippen MR) is 132 cm³/mol. The summed E-state index contributed by atoms with van der Waals surface area (Å²) in [5, 5.41) is 8.65. The van der Waals surface area contributed by atoms with Crippen LogP contribution in [0.2, 0.25) is 0 Å². The molecule has 1 aliphatic heterocycles. The molecule has 2 atom stereocenters. The minimum Gasteiger partial charge on any atom is -0.396 e. The summed E-state index contributed by atoms with van der Waals surface area (Å²) in [4.78, 5) is 13.4. The first-order valence-corrected chi connectivity index (χ1v) is 13.6. The lowest BCUT2D eigenvalue weighted by Crippen LogP contribution is -2.39. The van der Waals surface area contributed by atoms with Gasteiger partial charge in [0.15, 0.2) is 5.78 Å². The maximum Gasteiger partial charge on any atom is 0.244 e. The quantitative estimate of drug-likeness (QED) is 0.463. The number of aliphatic hydroxyl groups is 1. The number of benzene rings is 3. The van der Waals surface area contributed by atoms with Crippen molar-refractivity contribution in [2.45, 2.75) is 29.0 Å². The van der Waals surface area contributed by atoms with E-state index in [9.17, 15) is 22.7 Å². The molecule has 1 N–H and O–H groups in total. The second-order valence-corrected chi connectivity index (χ2v) is 11.2. The van der Waals surface area contributed by atoms with E-state index in [4.69, 9.17) is 0 Å². The van der Waals surface area contributed by atoms with Crippen LogP contribution in [0.3, 0.4) is 0 Å². The van der Waals surface area contributed by atoms with Crippen LogP contribution >= 0.6 is 11.8 Å². The molecular formula is C26H26FNO4S2. The zero-order chi connectivity index (χ0) is 24.1. The molecule has 0 aromatic heterocycles. The second kappa shape index (κ2) is 10.8. The molecule has 1 saturated heterocycles. The number of hydrogen-bond donors (Lipinski definition) is 1. The molecule has 0 aliphatic carbocycles. The van der Waals surface area contributed by atoms with Gasteiger partial charge in [-0.25, -0.2) is 12.8 Å². The van der Waals surface area contributed by atoms with Crippen molar-refractivity contribution >= 4 is 27.6 Å². The molecule has 0 bridgehead atoms. The maximum atomic E-state index is 13.4. The van der Waals surface area contributed by atoms with Gasteiger partial charge in [-0.2, -0.15) is 4.31 Å². The Kier molecular flexibility index (Phi) is 7.83. The highest BCUT2D eigenvalue weighted by Gasteiger charge is 2.40. The predicted octanol–water partition coefficient (Wildman–Crippen LogP) is 4.68. The number of nitrogens with zero attached hydrogens (tertiary/aromatic N) is 1. The molecule has 178 valence electrons. The Morgan fingerprint density at radius 3 is 2.29 bits per heavy atom. The average molecular weight is 500 g/mol. The van der Waals surface area contributed by atoms with Crippen LogP contribution in [0.4, 0.5) is 4.39 Å². The minimum absolute atomic E-state index is 0.0722. The second-order valence-electron chi connectivity index (χ2n) is 8.16. The van der Waals surface area contributed by atoms with E-state index >= 15 is 0 Å². The van der Waals surface area contributed by atoms with Gasteiger partial charge < -0.3 is 5.11 Å². The zero-order valence-electron chi connectivity index (χ0n) is 18.5. The molecule has 5 nitrogen and oxygen atoms in total. The molecular weight excluding hydrogens is 473 g/mol. The lowest BCUT2D eigenvalue weighted by atomic mass is 9.91. The van der Waals surface area contributed by atoms with Crippen molar-refractivity contribution in [1.82, 2.24) is 4.31 Å². The number of thioether (sulfide) groups is 1. The summed E-state index contributed by atoms with van der Waals surface area (Å²) >= 11 is 1.31. The van der Waals surface area contributed by atoms with E-state index in [1.54, 1.807) is 36.4 Å². The van der Waals surface area contributed by atoms with Crippen LogP contribution in [0.5, 0.6) is 0 Å². The molecule has 3 aromatic carbocycles. The minimum atomic E-state index is -3.86. The van der Waals surface area contributed by atoms with E-state index in [0.29, 0.717) is 12.2 Å². The topological polar surface area (TPSA) is 74.7 Å². The van der Waals surface area contributed by atoms with Gasteiger partial charge in [-0.3, -0.25) is 4.79 Å². The highest BCUT2D eigenvalue weighted by Crippen LogP contribution is 2.34. The normalized spacial score (nSPS) is 17.5. The lowest BCUT2D eigenvalue weighted by molar-refractivity contribution is -0.120. The molecule has 0 amide bonds. The molecule has 1 heterocycles. The van der Waals surface area contributed by atoms with Crippen LogP contribution < -0.4 is 0 Å². The summed E-state index contributed by atoms with van der Waals surface area (Å²) in [6, 6.07) is 22.2. The molecule has 1 fully saturated rings. The number of hydrogen-bond acceptors (Lipinski definition) is 5. The summed E-state index contributed by atoms with van der Waals surface area (Å²) < 4.78 is 41.4. The van der Waals surface area contributed by atoms with Gasteiger partial charge in [0, 0.05) is 25.3 Å². The van der Waals surface area contributed by atoms with E-state index in [2.05, 4.69) is 0 Å². The molecule has 0 unspecified atom stereocenters. The van der Waals surface area contributed by atoms with E-state index in [1.807, 2.05) is 30.3 Å². The summed E-state index contributed by atoms with van der Waals surface area (Å²) in [5.74, 6) is -0.373. The van der Waals surface area contributed by atoms with E-state index < -0.39 is 15.4 Å². The fraction of sp³-hybridized carbons (Fsp3) is 0.269. The maximum absolute atomic E-state index is 13.4. The van der Waals surface area contributed by atoms with Crippen molar-refractivity contribution in [1.29, 1.82) is 0 Å². The van der Waals surface area contributed by atoms with Gasteiger partial charge in [-0.05, 0) is 53.3 Å². The smallest absolute Gasteiger partial charge is 0.244 e. The number of carbonyl (C=O) groups is 1. The number of sulfonamides is 1. The molecule has 3 aromatic rings. The number of carbonyl (C=O) groups excluding carboxylic acids is 1. The van der Waals surface area contributed by atoms with Gasteiger partial charge in [0.2, 0.25) is 10.0 Å². The monoisotopic (exact) mass is 499 g/mol. The van der Waals surface area contributed by atoms with Crippen molar-refractivity contribution in [2.75, 3.05) is 18.9 Å². The third kappa shape index (κ3) is 5.41. The fourth-order valence-corrected chi connectivity index (χ4v) is 7.33. The molecule has 0 radical (unpaired) electrons. The van der Waals surface area contributed by atoms with Crippen LogP contribution in [-0.4, -0.2) is 47.9 Å². The number of ketones is 1. The average Bonchev–Trinajstić information content (AvgIpc) is 3.36. The number of halogens is 1. The summed E-state index contributed by atoms with van der Waals surface area (Å²) in [7, 11) is -3.86. The van der Waals surface area contributed by atoms with E-state index in [1.165, 1.54) is 28.2 Å². The Labute approximate surface area is 203 Å². The molecule has 4 rings (SSSR count). The van der Waals surface area contributed by atoms with Crippen LogP contribution in [-0.2, 0) is 14.8 Å². The number of aliphatic hydroxyl groups excluding tert-OH is 1. The van der Waals surface area contributed by atoms with Crippen LogP contribution in [0.1, 0.15) is 24.3 Å². The van der Waals surface area contributed by atoms with Gasteiger partial charge in [0.1, 0.15) is 11.2 Å². The van der Waals surface area contributed by atoms with Crippen LogP contribution in [0.25, 0.3) is 11.1 Å². The van der Waals surface area contributed by atoms with Crippen LogP contribution in [0.15, 0.2) is 83.8 Å². The number of rotatable bonds is 9. The Bertz CT molecular complexity index is 1220. The molecule has 34 heavy (non-hydrogen) atoms. The highest BCUT2D eigenvalue weighted by molar-refractivity contribution is 8.02. The molecule has 0 saturated carbocycles. The first kappa shape index (κ1) is 24.6. The van der Waals surface area contributed by atoms with Crippen molar-refractivity contribution in [3.8, 4) is 11.1 Å². The Balaban J connectivity index is 1.52. The van der Waals surface area contributed by atoms with Crippen LogP contribution in [0, 0.1) is 5.82 Å². The lowest BCUT2D eigenvalue weighted by Gasteiger charge is -2.24. The van der Waals surface area contributed by atoms with Crippen molar-refractivity contribution in [2.24, 2.45) is 0 Å². The molecule has 1 aliphatic rings. The van der Waals surface area contributed by atoms with Gasteiger partial charge in [-0.1, -0.05) is 54.6 Å². The summed E-state index contributed by atoms with van der Waals surface area (Å²) in [6.45, 7) is 0.133. The van der Waals surface area contributed by atoms with E-state index in [-0.39, 0.29) is 42.0 Å². The summed E-state index contributed by atoms with van der Waals surface area (Å²) in [6.07, 6.45) is 0.408. The largest absolute Gasteiger partial charge is 0.396 e. The van der Waals surface area contributed by atoms with Gasteiger partial charge in [0.25, 0.3) is 0 Å². The first-order chi connectivity index (χ1) is 16.4. The van der Waals surface area contributed by atoms with Gasteiger partial charge in [-0.15, -0.1) is 11.8 Å². The SMILES string of the molecule is O=C(C[C@@H](CCO)c1ccc(F)cc1)[C@@H]1SCCN1S(=O)(=O)c1ccc(-c2ccccc2)cc1.